The van der Waals surface area contributed by atoms with Gasteiger partial charge in [0.2, 0.25) is 5.91 Å². The molecule has 1 amide bonds. The van der Waals surface area contributed by atoms with E-state index < -0.39 is 0 Å². The summed E-state index contributed by atoms with van der Waals surface area (Å²) in [6.07, 6.45) is 1.32. The summed E-state index contributed by atoms with van der Waals surface area (Å²) in [6, 6.07) is 8.25. The number of carbonyl (C=O) groups excluding carboxylic acids is 1. The molecule has 106 valence electrons. The molecule has 1 unspecified atom stereocenters. The highest BCUT2D eigenvalue weighted by molar-refractivity contribution is 5.76. The van der Waals surface area contributed by atoms with Gasteiger partial charge < -0.3 is 11.1 Å². The Bertz CT molecular complexity index is 421. The van der Waals surface area contributed by atoms with E-state index >= 15 is 0 Å². The molecule has 0 saturated carbocycles. The molecule has 3 nitrogen and oxygen atoms in total. The van der Waals surface area contributed by atoms with E-state index in [4.69, 9.17) is 5.73 Å². The quantitative estimate of drug-likeness (QED) is 0.857. The number of hydrogen-bond donors (Lipinski definition) is 2. The SMILES string of the molecule is Cc1ccccc1C(CN)CCC(=O)NC(C)(C)C. The lowest BCUT2D eigenvalue weighted by atomic mass is 9.91. The van der Waals surface area contributed by atoms with Crippen molar-refractivity contribution in [2.45, 2.75) is 52.0 Å². The molecule has 3 N–H and O–H groups in total. The number of nitrogens with two attached hydrogens (primary N) is 1. The average Bonchev–Trinajstić information content (AvgIpc) is 2.29. The third-order valence-electron chi connectivity index (χ3n) is 3.15. The van der Waals surface area contributed by atoms with E-state index in [2.05, 4.69) is 24.4 Å². The molecule has 1 aromatic carbocycles. The van der Waals surface area contributed by atoms with Crippen LogP contribution in [0, 0.1) is 6.92 Å². The fourth-order valence-corrected chi connectivity index (χ4v) is 2.23. The zero-order chi connectivity index (χ0) is 14.5. The van der Waals surface area contributed by atoms with Gasteiger partial charge in [-0.1, -0.05) is 24.3 Å². The third kappa shape index (κ3) is 5.43. The fourth-order valence-electron chi connectivity index (χ4n) is 2.23. The van der Waals surface area contributed by atoms with Gasteiger partial charge in [0, 0.05) is 12.0 Å². The lowest BCUT2D eigenvalue weighted by molar-refractivity contribution is -0.122. The predicted octanol–water partition coefficient (Wildman–Crippen LogP) is 2.73. The van der Waals surface area contributed by atoms with Crippen LogP contribution in [0.3, 0.4) is 0 Å². The number of carbonyl (C=O) groups is 1. The minimum atomic E-state index is -0.169. The molecule has 0 aliphatic rings. The highest BCUT2D eigenvalue weighted by Gasteiger charge is 2.17. The summed E-state index contributed by atoms with van der Waals surface area (Å²) in [5.41, 5.74) is 8.19. The van der Waals surface area contributed by atoms with Gasteiger partial charge in [0.1, 0.15) is 0 Å². The van der Waals surface area contributed by atoms with Crippen molar-refractivity contribution < 1.29 is 4.79 Å². The molecule has 0 aliphatic carbocycles. The second-order valence-electron chi connectivity index (χ2n) is 6.13. The second kappa shape index (κ2) is 6.71. The Morgan fingerprint density at radius 2 is 1.95 bits per heavy atom. The fraction of sp³-hybridized carbons (Fsp3) is 0.562. The first-order valence-electron chi connectivity index (χ1n) is 6.90. The molecule has 0 saturated heterocycles. The molecule has 0 radical (unpaired) electrons. The summed E-state index contributed by atoms with van der Waals surface area (Å²) in [6.45, 7) is 8.65. The zero-order valence-electron chi connectivity index (χ0n) is 12.5. The molecule has 1 aromatic rings. The maximum atomic E-state index is 11.8. The van der Waals surface area contributed by atoms with Gasteiger partial charge in [-0.15, -0.1) is 0 Å². The highest BCUT2D eigenvalue weighted by Crippen LogP contribution is 2.23. The van der Waals surface area contributed by atoms with Crippen LogP contribution in [-0.2, 0) is 4.79 Å². The monoisotopic (exact) mass is 262 g/mol. The lowest BCUT2D eigenvalue weighted by Gasteiger charge is -2.22. The molecule has 0 spiro atoms. The Morgan fingerprint density at radius 1 is 1.32 bits per heavy atom. The smallest absolute Gasteiger partial charge is 0.220 e. The largest absolute Gasteiger partial charge is 0.352 e. The van der Waals surface area contributed by atoms with E-state index in [0.717, 1.165) is 6.42 Å². The number of amides is 1. The molecule has 0 bridgehead atoms. The number of benzene rings is 1. The summed E-state index contributed by atoms with van der Waals surface area (Å²) in [4.78, 5) is 11.8. The van der Waals surface area contributed by atoms with Crippen molar-refractivity contribution in [3.05, 3.63) is 35.4 Å². The second-order valence-corrected chi connectivity index (χ2v) is 6.13. The normalized spacial score (nSPS) is 13.1. The summed E-state index contributed by atoms with van der Waals surface area (Å²) < 4.78 is 0. The summed E-state index contributed by atoms with van der Waals surface area (Å²) in [5, 5.41) is 2.98. The number of rotatable bonds is 5. The van der Waals surface area contributed by atoms with E-state index in [1.54, 1.807) is 0 Å². The van der Waals surface area contributed by atoms with Crippen molar-refractivity contribution in [3.63, 3.8) is 0 Å². The van der Waals surface area contributed by atoms with Crippen molar-refractivity contribution in [3.8, 4) is 0 Å². The predicted molar refractivity (Wildman–Crippen MR) is 80.1 cm³/mol. The van der Waals surface area contributed by atoms with Gasteiger partial charge in [-0.05, 0) is 57.7 Å². The minimum absolute atomic E-state index is 0.0968. The van der Waals surface area contributed by atoms with Crippen molar-refractivity contribution in [2.75, 3.05) is 6.54 Å². The molecule has 0 aliphatic heterocycles. The van der Waals surface area contributed by atoms with Crippen molar-refractivity contribution in [1.29, 1.82) is 0 Å². The molecule has 0 heterocycles. The third-order valence-corrected chi connectivity index (χ3v) is 3.15. The average molecular weight is 262 g/mol. The van der Waals surface area contributed by atoms with Crippen LogP contribution in [0.4, 0.5) is 0 Å². The van der Waals surface area contributed by atoms with Crippen LogP contribution in [-0.4, -0.2) is 18.0 Å². The standard InChI is InChI=1S/C16H26N2O/c1-12-7-5-6-8-14(12)13(11-17)9-10-15(19)18-16(2,3)4/h5-8,13H,9-11,17H2,1-4H3,(H,18,19). The molecule has 0 aromatic heterocycles. The van der Waals surface area contributed by atoms with Gasteiger partial charge in [0.15, 0.2) is 0 Å². The Hall–Kier alpha value is -1.35. The maximum Gasteiger partial charge on any atom is 0.220 e. The Labute approximate surface area is 116 Å². The minimum Gasteiger partial charge on any atom is -0.352 e. The first-order chi connectivity index (χ1) is 8.83. The summed E-state index contributed by atoms with van der Waals surface area (Å²) >= 11 is 0. The molecule has 1 atom stereocenters. The van der Waals surface area contributed by atoms with Gasteiger partial charge in [-0.25, -0.2) is 0 Å². The Morgan fingerprint density at radius 3 is 2.47 bits per heavy atom. The van der Waals surface area contributed by atoms with Crippen LogP contribution in [0.15, 0.2) is 24.3 Å². The molecule has 1 rings (SSSR count). The van der Waals surface area contributed by atoms with Gasteiger partial charge in [-0.2, -0.15) is 0 Å². The van der Waals surface area contributed by atoms with Crippen LogP contribution < -0.4 is 11.1 Å². The van der Waals surface area contributed by atoms with E-state index in [1.165, 1.54) is 11.1 Å². The molecule has 3 heteroatoms. The van der Waals surface area contributed by atoms with E-state index in [1.807, 2.05) is 32.9 Å². The van der Waals surface area contributed by atoms with Crippen molar-refractivity contribution in [2.24, 2.45) is 5.73 Å². The van der Waals surface area contributed by atoms with Crippen LogP contribution in [0.25, 0.3) is 0 Å². The lowest BCUT2D eigenvalue weighted by Crippen LogP contribution is -2.40. The number of aryl methyl sites for hydroxylation is 1. The molecular formula is C16H26N2O. The maximum absolute atomic E-state index is 11.8. The van der Waals surface area contributed by atoms with Crippen LogP contribution in [0.1, 0.15) is 50.7 Å². The molecular weight excluding hydrogens is 236 g/mol. The first-order valence-corrected chi connectivity index (χ1v) is 6.90. The molecule has 0 fully saturated rings. The van der Waals surface area contributed by atoms with Crippen molar-refractivity contribution >= 4 is 5.91 Å². The van der Waals surface area contributed by atoms with Gasteiger partial charge in [-0.3, -0.25) is 4.79 Å². The van der Waals surface area contributed by atoms with Crippen LogP contribution >= 0.6 is 0 Å². The van der Waals surface area contributed by atoms with Gasteiger partial charge in [0.25, 0.3) is 0 Å². The highest BCUT2D eigenvalue weighted by atomic mass is 16.1. The van der Waals surface area contributed by atoms with Crippen LogP contribution in [0.2, 0.25) is 0 Å². The molecule has 19 heavy (non-hydrogen) atoms. The number of hydrogen-bond acceptors (Lipinski definition) is 2. The first kappa shape index (κ1) is 15.7. The van der Waals surface area contributed by atoms with Crippen LogP contribution in [0.5, 0.6) is 0 Å². The Balaban J connectivity index is 2.59. The van der Waals surface area contributed by atoms with E-state index in [-0.39, 0.29) is 17.4 Å². The van der Waals surface area contributed by atoms with E-state index in [0.29, 0.717) is 13.0 Å². The Kier molecular flexibility index (Phi) is 5.55. The topological polar surface area (TPSA) is 55.1 Å². The van der Waals surface area contributed by atoms with Gasteiger partial charge >= 0.3 is 0 Å². The van der Waals surface area contributed by atoms with Crippen molar-refractivity contribution in [1.82, 2.24) is 5.32 Å². The summed E-state index contributed by atoms with van der Waals surface area (Å²) in [7, 11) is 0. The number of nitrogens with one attached hydrogen (secondary N) is 1. The van der Waals surface area contributed by atoms with E-state index in [9.17, 15) is 4.79 Å². The summed E-state index contributed by atoms with van der Waals surface area (Å²) in [5.74, 6) is 0.353. The zero-order valence-corrected chi connectivity index (χ0v) is 12.5. The van der Waals surface area contributed by atoms with Gasteiger partial charge in [0.05, 0.1) is 0 Å².